The molecule has 0 saturated carbocycles. The fraction of sp³-hybridized carbons (Fsp3) is 0.231. The molecule has 20 heavy (non-hydrogen) atoms. The van der Waals surface area contributed by atoms with Gasteiger partial charge in [-0.3, -0.25) is 4.72 Å². The quantitative estimate of drug-likeness (QED) is 0.908. The van der Waals surface area contributed by atoms with Gasteiger partial charge in [-0.1, -0.05) is 17.7 Å². The van der Waals surface area contributed by atoms with Crippen molar-refractivity contribution in [2.75, 3.05) is 4.72 Å². The smallest absolute Gasteiger partial charge is 0.265 e. The zero-order valence-electron chi connectivity index (χ0n) is 11.1. The number of anilines is 1. The highest BCUT2D eigenvalue weighted by Crippen LogP contribution is 2.27. The minimum absolute atomic E-state index is 0.0809. The normalized spacial score (nSPS) is 11.6. The number of hydrogen-bond donors (Lipinski definition) is 2. The van der Waals surface area contributed by atoms with Crippen LogP contribution in [0.4, 0.5) is 5.69 Å². The molecule has 2 rings (SSSR count). The Bertz CT molecular complexity index is 738. The minimum atomic E-state index is -3.73. The summed E-state index contributed by atoms with van der Waals surface area (Å²) >= 11 is 5.98. The Labute approximate surface area is 122 Å². The average molecular weight is 315 g/mol. The van der Waals surface area contributed by atoms with Crippen LogP contribution in [0.15, 0.2) is 33.6 Å². The predicted octanol–water partition coefficient (Wildman–Crippen LogP) is 2.81. The summed E-state index contributed by atoms with van der Waals surface area (Å²) in [7, 11) is -3.73. The lowest BCUT2D eigenvalue weighted by molar-refractivity contribution is 0.479. The molecule has 1 aromatic carbocycles. The van der Waals surface area contributed by atoms with Gasteiger partial charge >= 0.3 is 0 Å². The molecule has 1 aromatic heterocycles. The van der Waals surface area contributed by atoms with Gasteiger partial charge in [-0.2, -0.15) is 0 Å². The molecule has 2 aromatic rings. The number of furan rings is 1. The second-order valence-electron chi connectivity index (χ2n) is 4.36. The van der Waals surface area contributed by atoms with Crippen LogP contribution in [0.3, 0.4) is 0 Å². The lowest BCUT2D eigenvalue weighted by Gasteiger charge is -2.10. The molecule has 5 nitrogen and oxygen atoms in total. The van der Waals surface area contributed by atoms with Crippen molar-refractivity contribution in [3.05, 3.63) is 46.4 Å². The third-order valence-corrected chi connectivity index (χ3v) is 4.81. The van der Waals surface area contributed by atoms with Gasteiger partial charge in [0.25, 0.3) is 10.0 Å². The Morgan fingerprint density at radius 3 is 2.65 bits per heavy atom. The van der Waals surface area contributed by atoms with Crippen LogP contribution in [0.25, 0.3) is 0 Å². The van der Waals surface area contributed by atoms with Crippen LogP contribution >= 0.6 is 11.6 Å². The van der Waals surface area contributed by atoms with Gasteiger partial charge in [-0.15, -0.1) is 0 Å². The average Bonchev–Trinajstić information content (AvgIpc) is 2.77. The zero-order valence-corrected chi connectivity index (χ0v) is 12.7. The maximum Gasteiger partial charge on any atom is 0.265 e. The summed E-state index contributed by atoms with van der Waals surface area (Å²) in [6.07, 6.45) is 0. The highest BCUT2D eigenvalue weighted by atomic mass is 35.5. The molecule has 7 heteroatoms. The van der Waals surface area contributed by atoms with E-state index in [1.54, 1.807) is 32.0 Å². The molecule has 0 spiro atoms. The highest BCUT2D eigenvalue weighted by molar-refractivity contribution is 7.92. The standard InChI is InChI=1S/C13H15ClN2O3S/c1-8-11(14)4-3-5-12(8)16-20(17,18)13-6-10(7-15)19-9(13)2/h3-6,16H,7,15H2,1-2H3. The number of sulfonamides is 1. The van der Waals surface area contributed by atoms with Crippen LogP contribution in [-0.4, -0.2) is 8.42 Å². The Balaban J connectivity index is 2.40. The van der Waals surface area contributed by atoms with E-state index in [4.69, 9.17) is 21.8 Å². The lowest BCUT2D eigenvalue weighted by atomic mass is 10.2. The van der Waals surface area contributed by atoms with Crippen LogP contribution < -0.4 is 10.5 Å². The fourth-order valence-electron chi connectivity index (χ4n) is 1.81. The van der Waals surface area contributed by atoms with Gasteiger partial charge in [0.05, 0.1) is 12.2 Å². The van der Waals surface area contributed by atoms with Gasteiger partial charge in [0, 0.05) is 11.1 Å². The highest BCUT2D eigenvalue weighted by Gasteiger charge is 2.22. The molecule has 0 aliphatic heterocycles. The number of hydrogen-bond acceptors (Lipinski definition) is 4. The molecule has 0 unspecified atom stereocenters. The molecule has 108 valence electrons. The van der Waals surface area contributed by atoms with Gasteiger partial charge in [-0.05, 0) is 31.5 Å². The van der Waals surface area contributed by atoms with Crippen LogP contribution in [0, 0.1) is 13.8 Å². The van der Waals surface area contributed by atoms with Gasteiger partial charge in [-0.25, -0.2) is 8.42 Å². The van der Waals surface area contributed by atoms with Crippen LogP contribution in [0.2, 0.25) is 5.02 Å². The first kappa shape index (κ1) is 14.9. The van der Waals surface area contributed by atoms with Crippen molar-refractivity contribution in [3.8, 4) is 0 Å². The van der Waals surface area contributed by atoms with E-state index in [1.807, 2.05) is 0 Å². The van der Waals surface area contributed by atoms with Crippen molar-refractivity contribution < 1.29 is 12.8 Å². The summed E-state index contributed by atoms with van der Waals surface area (Å²) in [5.41, 5.74) is 6.55. The van der Waals surface area contributed by atoms with Crippen LogP contribution in [0.5, 0.6) is 0 Å². The van der Waals surface area contributed by atoms with Gasteiger partial charge in [0.1, 0.15) is 16.4 Å². The van der Waals surface area contributed by atoms with Gasteiger partial charge in [0.2, 0.25) is 0 Å². The van der Waals surface area contributed by atoms with E-state index in [0.29, 0.717) is 27.8 Å². The summed E-state index contributed by atoms with van der Waals surface area (Å²) in [5, 5.41) is 0.497. The van der Waals surface area contributed by atoms with Crippen LogP contribution in [-0.2, 0) is 16.6 Å². The van der Waals surface area contributed by atoms with Crippen molar-refractivity contribution in [2.45, 2.75) is 25.3 Å². The molecule has 1 heterocycles. The van der Waals surface area contributed by atoms with Crippen molar-refractivity contribution in [1.29, 1.82) is 0 Å². The van der Waals surface area contributed by atoms with Crippen LogP contribution in [0.1, 0.15) is 17.1 Å². The predicted molar refractivity (Wildman–Crippen MR) is 78.3 cm³/mol. The van der Waals surface area contributed by atoms with E-state index < -0.39 is 10.0 Å². The SMILES string of the molecule is Cc1oc(CN)cc1S(=O)(=O)Nc1cccc(Cl)c1C. The topological polar surface area (TPSA) is 85.3 Å². The second-order valence-corrected chi connectivity index (χ2v) is 6.41. The van der Waals surface area contributed by atoms with E-state index in [-0.39, 0.29) is 11.4 Å². The minimum Gasteiger partial charge on any atom is -0.464 e. The summed E-state index contributed by atoms with van der Waals surface area (Å²) in [6, 6.07) is 6.46. The number of nitrogens with one attached hydrogen (secondary N) is 1. The number of nitrogens with two attached hydrogens (primary N) is 1. The Hall–Kier alpha value is -1.50. The summed E-state index contributed by atoms with van der Waals surface area (Å²) in [4.78, 5) is 0.0809. The summed E-state index contributed by atoms with van der Waals surface area (Å²) < 4.78 is 32.5. The monoisotopic (exact) mass is 314 g/mol. The maximum absolute atomic E-state index is 12.4. The molecule has 0 radical (unpaired) electrons. The first-order valence-electron chi connectivity index (χ1n) is 5.92. The molecule has 0 aliphatic rings. The van der Waals surface area contributed by atoms with Crippen molar-refractivity contribution in [1.82, 2.24) is 0 Å². The molecular weight excluding hydrogens is 300 g/mol. The number of benzene rings is 1. The molecule has 0 bridgehead atoms. The third kappa shape index (κ3) is 2.82. The summed E-state index contributed by atoms with van der Waals surface area (Å²) in [5.74, 6) is 0.725. The molecular formula is C13H15ClN2O3S. The number of rotatable bonds is 4. The molecule has 0 amide bonds. The first-order chi connectivity index (χ1) is 9.35. The Morgan fingerprint density at radius 1 is 1.35 bits per heavy atom. The lowest BCUT2D eigenvalue weighted by Crippen LogP contribution is -2.14. The molecule has 0 aliphatic carbocycles. The van der Waals surface area contributed by atoms with E-state index in [1.165, 1.54) is 6.07 Å². The van der Waals surface area contributed by atoms with Crippen molar-refractivity contribution >= 4 is 27.3 Å². The molecule has 0 fully saturated rings. The van der Waals surface area contributed by atoms with E-state index >= 15 is 0 Å². The molecule has 0 atom stereocenters. The first-order valence-corrected chi connectivity index (χ1v) is 7.78. The Morgan fingerprint density at radius 2 is 2.05 bits per heavy atom. The third-order valence-electron chi connectivity index (χ3n) is 2.93. The molecule has 3 N–H and O–H groups in total. The number of aryl methyl sites for hydroxylation is 1. The summed E-state index contributed by atoms with van der Waals surface area (Å²) in [6.45, 7) is 3.47. The second kappa shape index (κ2) is 5.47. The van der Waals surface area contributed by atoms with Gasteiger partial charge in [0.15, 0.2) is 0 Å². The van der Waals surface area contributed by atoms with E-state index in [0.717, 1.165) is 0 Å². The fourth-order valence-corrected chi connectivity index (χ4v) is 3.31. The van der Waals surface area contributed by atoms with E-state index in [9.17, 15) is 8.42 Å². The van der Waals surface area contributed by atoms with Gasteiger partial charge < -0.3 is 10.2 Å². The van der Waals surface area contributed by atoms with Crippen molar-refractivity contribution in [3.63, 3.8) is 0 Å². The largest absolute Gasteiger partial charge is 0.464 e. The maximum atomic E-state index is 12.4. The molecule has 0 saturated heterocycles. The zero-order chi connectivity index (χ0) is 14.9. The van der Waals surface area contributed by atoms with E-state index in [2.05, 4.69) is 4.72 Å². The number of halogens is 1. The van der Waals surface area contributed by atoms with Crippen molar-refractivity contribution in [2.24, 2.45) is 5.73 Å². The Kier molecular flexibility index (Phi) is 4.08.